The molecule has 5 nitrogen and oxygen atoms in total. The van der Waals surface area contributed by atoms with E-state index in [1.807, 2.05) is 23.1 Å². The summed E-state index contributed by atoms with van der Waals surface area (Å²) in [6, 6.07) is 18.4. The first-order valence-electron chi connectivity index (χ1n) is 9.39. The van der Waals surface area contributed by atoms with Crippen LogP contribution in [-0.2, 0) is 6.42 Å². The number of furan rings is 1. The quantitative estimate of drug-likeness (QED) is 0.420. The minimum Gasteiger partial charge on any atom is -0.478 e. The smallest absolute Gasteiger partial charge is 0.337 e. The molecule has 2 N–H and O–H groups in total. The number of hydrogen-bond acceptors (Lipinski definition) is 5. The lowest BCUT2D eigenvalue weighted by atomic mass is 10.1. The second kappa shape index (κ2) is 9.09. The van der Waals surface area contributed by atoms with Crippen LogP contribution in [0, 0.1) is 5.41 Å². The van der Waals surface area contributed by atoms with Gasteiger partial charge in [0.1, 0.15) is 21.7 Å². The highest BCUT2D eigenvalue weighted by Crippen LogP contribution is 2.34. The number of carboxylic acids is 1. The SMILES string of the molecule is N=C1/C(=C/c2ccc(-c3ccc(Cl)c(C(=O)O)c3)o2)SC(=S)N1CCc1ccccc1. The Bertz CT molecular complexity index is 1200. The molecule has 1 saturated heterocycles. The topological polar surface area (TPSA) is 77.5 Å². The molecule has 0 saturated carbocycles. The maximum absolute atomic E-state index is 11.3. The van der Waals surface area contributed by atoms with Gasteiger partial charge in [-0.3, -0.25) is 5.41 Å². The minimum atomic E-state index is -1.10. The molecule has 1 aliphatic rings. The van der Waals surface area contributed by atoms with E-state index >= 15 is 0 Å². The van der Waals surface area contributed by atoms with E-state index < -0.39 is 5.97 Å². The molecule has 2 aromatic carbocycles. The van der Waals surface area contributed by atoms with Gasteiger partial charge in [0.2, 0.25) is 0 Å². The average molecular weight is 469 g/mol. The summed E-state index contributed by atoms with van der Waals surface area (Å²) >= 11 is 12.8. The number of thiocarbonyl (C=S) groups is 1. The molecule has 3 aromatic rings. The van der Waals surface area contributed by atoms with Gasteiger partial charge in [0, 0.05) is 12.1 Å². The molecule has 31 heavy (non-hydrogen) atoms. The lowest BCUT2D eigenvalue weighted by Crippen LogP contribution is -2.29. The summed E-state index contributed by atoms with van der Waals surface area (Å²) in [5.41, 5.74) is 1.82. The highest BCUT2D eigenvalue weighted by atomic mass is 35.5. The summed E-state index contributed by atoms with van der Waals surface area (Å²) in [5.74, 6) is 0.329. The maximum atomic E-state index is 11.3. The van der Waals surface area contributed by atoms with Gasteiger partial charge in [-0.15, -0.1) is 0 Å². The molecule has 2 heterocycles. The van der Waals surface area contributed by atoms with Crippen LogP contribution in [0.15, 0.2) is 70.0 Å². The van der Waals surface area contributed by atoms with Crippen molar-refractivity contribution < 1.29 is 14.3 Å². The van der Waals surface area contributed by atoms with Crippen molar-refractivity contribution in [1.82, 2.24) is 4.90 Å². The van der Waals surface area contributed by atoms with Gasteiger partial charge in [0.25, 0.3) is 0 Å². The van der Waals surface area contributed by atoms with E-state index in [0.29, 0.717) is 38.7 Å². The molecule has 4 rings (SSSR count). The number of amidine groups is 1. The third-order valence-corrected chi connectivity index (χ3v) is 6.50. The van der Waals surface area contributed by atoms with Crippen LogP contribution < -0.4 is 0 Å². The molecule has 0 aliphatic carbocycles. The highest BCUT2D eigenvalue weighted by molar-refractivity contribution is 8.26. The van der Waals surface area contributed by atoms with Gasteiger partial charge in [-0.2, -0.15) is 0 Å². The van der Waals surface area contributed by atoms with Gasteiger partial charge in [-0.05, 0) is 48.4 Å². The van der Waals surface area contributed by atoms with Crippen molar-refractivity contribution in [2.45, 2.75) is 6.42 Å². The van der Waals surface area contributed by atoms with Crippen LogP contribution in [0.5, 0.6) is 0 Å². The van der Waals surface area contributed by atoms with E-state index in [2.05, 4.69) is 12.1 Å². The normalized spacial score (nSPS) is 15.1. The zero-order valence-electron chi connectivity index (χ0n) is 16.2. The van der Waals surface area contributed by atoms with Crippen LogP contribution >= 0.6 is 35.6 Å². The number of benzene rings is 2. The fourth-order valence-corrected chi connectivity index (χ4v) is 4.68. The Kier molecular flexibility index (Phi) is 6.27. The molecule has 0 spiro atoms. The van der Waals surface area contributed by atoms with Crippen molar-refractivity contribution in [2.75, 3.05) is 6.54 Å². The molecule has 1 aliphatic heterocycles. The summed E-state index contributed by atoms with van der Waals surface area (Å²) in [4.78, 5) is 13.8. The van der Waals surface area contributed by atoms with Crippen molar-refractivity contribution in [2.24, 2.45) is 0 Å². The Labute approximate surface area is 193 Å². The monoisotopic (exact) mass is 468 g/mol. The minimum absolute atomic E-state index is 0.0167. The first kappa shape index (κ1) is 21.4. The molecular formula is C23H17ClN2O3S2. The van der Waals surface area contributed by atoms with Crippen LogP contribution in [0.2, 0.25) is 5.02 Å². The fourth-order valence-electron chi connectivity index (χ4n) is 3.17. The number of carboxylic acid groups (broad SMARTS) is 1. The summed E-state index contributed by atoms with van der Waals surface area (Å²) in [6.45, 7) is 0.637. The van der Waals surface area contributed by atoms with Gasteiger partial charge >= 0.3 is 5.97 Å². The second-order valence-corrected chi connectivity index (χ2v) is 8.90. The summed E-state index contributed by atoms with van der Waals surface area (Å²) < 4.78 is 6.51. The molecule has 1 aromatic heterocycles. The number of rotatable bonds is 6. The Morgan fingerprint density at radius 2 is 1.97 bits per heavy atom. The molecule has 0 unspecified atom stereocenters. The Morgan fingerprint density at radius 1 is 1.19 bits per heavy atom. The maximum Gasteiger partial charge on any atom is 0.337 e. The first-order chi connectivity index (χ1) is 14.9. The van der Waals surface area contributed by atoms with Crippen LogP contribution in [0.25, 0.3) is 17.4 Å². The lowest BCUT2D eigenvalue weighted by molar-refractivity contribution is 0.0697. The molecular weight excluding hydrogens is 452 g/mol. The number of halogens is 1. The van der Waals surface area contributed by atoms with Crippen molar-refractivity contribution in [3.63, 3.8) is 0 Å². The van der Waals surface area contributed by atoms with Crippen molar-refractivity contribution in [1.29, 1.82) is 5.41 Å². The molecule has 0 atom stereocenters. The molecule has 0 radical (unpaired) electrons. The molecule has 156 valence electrons. The molecule has 1 fully saturated rings. The number of carbonyl (C=O) groups is 1. The van der Waals surface area contributed by atoms with Crippen molar-refractivity contribution in [3.8, 4) is 11.3 Å². The third-order valence-electron chi connectivity index (χ3n) is 4.77. The number of thioether (sulfide) groups is 1. The number of nitrogens with one attached hydrogen (secondary N) is 1. The third kappa shape index (κ3) is 4.74. The number of nitrogens with zero attached hydrogens (tertiary/aromatic N) is 1. The van der Waals surface area contributed by atoms with Gasteiger partial charge in [0.15, 0.2) is 0 Å². The highest BCUT2D eigenvalue weighted by Gasteiger charge is 2.28. The molecule has 0 bridgehead atoms. The van der Waals surface area contributed by atoms with E-state index in [1.165, 1.54) is 29.5 Å². The first-order valence-corrected chi connectivity index (χ1v) is 11.0. The number of hydrogen-bond donors (Lipinski definition) is 2. The standard InChI is InChI=1S/C23H17ClN2O3S2/c24-18-8-6-15(12-17(18)22(27)28)19-9-7-16(29-19)13-20-21(25)26(23(30)31-20)11-10-14-4-2-1-3-5-14/h1-9,12-13,25H,10-11H2,(H,27,28)/b20-13-,25-21?. The largest absolute Gasteiger partial charge is 0.478 e. The average Bonchev–Trinajstić information content (AvgIpc) is 3.32. The number of aromatic carboxylic acids is 1. The van der Waals surface area contributed by atoms with Crippen molar-refractivity contribution >= 4 is 57.8 Å². The van der Waals surface area contributed by atoms with Crippen LogP contribution in [0.3, 0.4) is 0 Å². The van der Waals surface area contributed by atoms with E-state index in [4.69, 9.17) is 33.6 Å². The van der Waals surface area contributed by atoms with E-state index in [-0.39, 0.29) is 10.6 Å². The van der Waals surface area contributed by atoms with E-state index in [9.17, 15) is 9.90 Å². The van der Waals surface area contributed by atoms with Crippen molar-refractivity contribution in [3.05, 3.63) is 87.5 Å². The van der Waals surface area contributed by atoms with Gasteiger partial charge in [0.05, 0.1) is 15.5 Å². The fraction of sp³-hybridized carbons (Fsp3) is 0.0870. The summed E-state index contributed by atoms with van der Waals surface area (Å²) in [7, 11) is 0. The van der Waals surface area contributed by atoms with Gasteiger partial charge in [-0.1, -0.05) is 65.9 Å². The second-order valence-electron chi connectivity index (χ2n) is 6.81. The van der Waals surface area contributed by atoms with Crippen LogP contribution in [0.4, 0.5) is 0 Å². The lowest BCUT2D eigenvalue weighted by Gasteiger charge is -2.16. The Balaban J connectivity index is 1.50. The Hall–Kier alpha value is -2.87. The Morgan fingerprint density at radius 3 is 2.71 bits per heavy atom. The zero-order valence-corrected chi connectivity index (χ0v) is 18.6. The molecule has 0 amide bonds. The van der Waals surface area contributed by atoms with E-state index in [0.717, 1.165) is 6.42 Å². The predicted octanol–water partition coefficient (Wildman–Crippen LogP) is 6.19. The van der Waals surface area contributed by atoms with Crippen LogP contribution in [0.1, 0.15) is 21.7 Å². The molecule has 8 heteroatoms. The zero-order chi connectivity index (χ0) is 22.0. The van der Waals surface area contributed by atoms with E-state index in [1.54, 1.807) is 24.3 Å². The van der Waals surface area contributed by atoms with Crippen LogP contribution in [-0.4, -0.2) is 32.7 Å². The summed E-state index contributed by atoms with van der Waals surface area (Å²) in [5, 5.41) is 17.9. The summed E-state index contributed by atoms with van der Waals surface area (Å²) in [6.07, 6.45) is 2.57. The predicted molar refractivity (Wildman–Crippen MR) is 129 cm³/mol. The van der Waals surface area contributed by atoms with Gasteiger partial charge in [-0.25, -0.2) is 4.79 Å². The van der Waals surface area contributed by atoms with Gasteiger partial charge < -0.3 is 14.4 Å².